The van der Waals surface area contributed by atoms with E-state index in [1.807, 2.05) is 0 Å². The van der Waals surface area contributed by atoms with Gasteiger partial charge in [-0.1, -0.05) is 0 Å². The second-order valence-corrected chi connectivity index (χ2v) is 2.91. The van der Waals surface area contributed by atoms with Gasteiger partial charge in [-0.2, -0.15) is 0 Å². The lowest BCUT2D eigenvalue weighted by Gasteiger charge is -2.16. The molecule has 0 aliphatic heterocycles. The first-order valence-electron chi connectivity index (χ1n) is 1.76. The van der Waals surface area contributed by atoms with Gasteiger partial charge < -0.3 is 0 Å². The number of rotatable bonds is 4. The van der Waals surface area contributed by atoms with E-state index in [0.29, 0.717) is 0 Å². The third-order valence-corrected chi connectivity index (χ3v) is 1.73. The van der Waals surface area contributed by atoms with Gasteiger partial charge in [-0.3, -0.25) is 18.1 Å². The lowest BCUT2D eigenvalue weighted by molar-refractivity contribution is -0.0386. The summed E-state index contributed by atoms with van der Waals surface area (Å²) in [6, 6.07) is 0. The van der Waals surface area contributed by atoms with Crippen molar-refractivity contribution < 1.29 is 18.1 Å². The molecule has 0 aliphatic carbocycles. The van der Waals surface area contributed by atoms with E-state index in [1.165, 1.54) is 0 Å². The van der Waals surface area contributed by atoms with Crippen molar-refractivity contribution >= 4 is 9.05 Å². The van der Waals surface area contributed by atoms with Crippen molar-refractivity contribution in [2.75, 3.05) is 0 Å². The maximum Gasteiger partial charge on any atom is 0.747 e. The Morgan fingerprint density at radius 2 is 0.889 bits per heavy atom. The standard InChI is InChI=1S/H8N4O4Si/c1-5-9(6-2,7-3)8-4/h1-4H2. The molecule has 0 rings (SSSR count). The van der Waals surface area contributed by atoms with E-state index in [2.05, 4.69) is 41.7 Å². The fourth-order valence-electron chi connectivity index (χ4n) is 0.167. The van der Waals surface area contributed by atoms with Crippen LogP contribution >= 0.6 is 0 Å². The predicted molar refractivity (Wildman–Crippen MR) is 26.8 cm³/mol. The van der Waals surface area contributed by atoms with Crippen LogP contribution in [0.2, 0.25) is 0 Å². The summed E-state index contributed by atoms with van der Waals surface area (Å²) in [7, 11) is -3.58. The van der Waals surface area contributed by atoms with E-state index in [-0.39, 0.29) is 0 Å². The second-order valence-electron chi connectivity index (χ2n) is 0.971. The fourth-order valence-corrected chi connectivity index (χ4v) is 0.500. The Morgan fingerprint density at radius 3 is 0.889 bits per heavy atom. The van der Waals surface area contributed by atoms with Crippen LogP contribution in [0.15, 0.2) is 0 Å². The van der Waals surface area contributed by atoms with E-state index >= 15 is 0 Å². The highest BCUT2D eigenvalue weighted by molar-refractivity contribution is 6.52. The molecule has 0 amide bonds. The van der Waals surface area contributed by atoms with Gasteiger partial charge in [-0.15, -0.1) is 0 Å². The van der Waals surface area contributed by atoms with Crippen molar-refractivity contribution in [3.63, 3.8) is 0 Å². The highest BCUT2D eigenvalue weighted by Gasteiger charge is 2.46. The second kappa shape index (κ2) is 3.83. The van der Waals surface area contributed by atoms with Crippen molar-refractivity contribution in [3.05, 3.63) is 0 Å². The SMILES string of the molecule is NO[Si](ON)(ON)ON. The summed E-state index contributed by atoms with van der Waals surface area (Å²) in [5.74, 6) is 18.3. The van der Waals surface area contributed by atoms with E-state index in [4.69, 9.17) is 0 Å². The highest BCUT2D eigenvalue weighted by Crippen LogP contribution is 1.97. The highest BCUT2D eigenvalue weighted by atomic mass is 28.4. The van der Waals surface area contributed by atoms with E-state index in [9.17, 15) is 0 Å². The average Bonchev–Trinajstić information content (AvgIpc) is 1.95. The Morgan fingerprint density at radius 1 is 0.667 bits per heavy atom. The van der Waals surface area contributed by atoms with Crippen LogP contribution in [0, 0.1) is 0 Å². The zero-order valence-electron chi connectivity index (χ0n) is 4.44. The van der Waals surface area contributed by atoms with Crippen LogP contribution in [0.3, 0.4) is 0 Å². The first kappa shape index (κ1) is 8.90. The zero-order valence-corrected chi connectivity index (χ0v) is 5.44. The first-order chi connectivity index (χ1) is 4.24. The molecule has 0 heterocycles. The minimum Gasteiger partial charge on any atom is -0.266 e. The van der Waals surface area contributed by atoms with Crippen molar-refractivity contribution in [1.82, 2.24) is 0 Å². The Hall–Kier alpha value is -0.103. The molecule has 0 spiro atoms. The van der Waals surface area contributed by atoms with Gasteiger partial charge in [-0.05, 0) is 0 Å². The van der Waals surface area contributed by atoms with Gasteiger partial charge in [0.1, 0.15) is 0 Å². The zero-order chi connectivity index (χ0) is 7.33. The molecule has 9 heteroatoms. The average molecular weight is 156 g/mol. The summed E-state index contributed by atoms with van der Waals surface area (Å²) in [5.41, 5.74) is 0. The Balaban J connectivity index is 3.82. The van der Waals surface area contributed by atoms with Crippen LogP contribution in [0.4, 0.5) is 0 Å². The van der Waals surface area contributed by atoms with E-state index in [1.54, 1.807) is 0 Å². The van der Waals surface area contributed by atoms with Crippen LogP contribution < -0.4 is 23.6 Å². The summed E-state index contributed by atoms with van der Waals surface area (Å²) >= 11 is 0. The number of nitrogens with two attached hydrogens (primary N) is 4. The third kappa shape index (κ3) is 1.94. The first-order valence-corrected chi connectivity index (χ1v) is 3.39. The normalized spacial score (nSPS) is 12.0. The molecule has 0 aromatic carbocycles. The summed E-state index contributed by atoms with van der Waals surface area (Å²) in [4.78, 5) is 0. The molecule has 0 aliphatic rings. The topological polar surface area (TPSA) is 141 Å². The van der Waals surface area contributed by atoms with Gasteiger partial charge in [-0.25, -0.2) is 23.6 Å². The smallest absolute Gasteiger partial charge is 0.266 e. The minimum absolute atomic E-state index is 3.58. The molecular formula is H8N4O4Si. The largest absolute Gasteiger partial charge is 0.747 e. The van der Waals surface area contributed by atoms with Crippen molar-refractivity contribution in [2.24, 2.45) is 23.6 Å². The molecule has 0 aromatic heterocycles. The molecule has 0 fully saturated rings. The Kier molecular flexibility index (Phi) is 3.79. The van der Waals surface area contributed by atoms with Crippen LogP contribution in [0.5, 0.6) is 0 Å². The molecule has 0 radical (unpaired) electrons. The van der Waals surface area contributed by atoms with Gasteiger partial charge in [0.2, 0.25) is 0 Å². The minimum atomic E-state index is -3.58. The van der Waals surface area contributed by atoms with Gasteiger partial charge in [0.05, 0.1) is 0 Å². The molecule has 0 aromatic rings. The van der Waals surface area contributed by atoms with Crippen molar-refractivity contribution in [3.8, 4) is 0 Å². The molecule has 0 bridgehead atoms. The molecule has 0 unspecified atom stereocenters. The van der Waals surface area contributed by atoms with Crippen LogP contribution in [0.1, 0.15) is 0 Å². The lowest BCUT2D eigenvalue weighted by atomic mass is 13.5. The molecule has 0 saturated carbocycles. The summed E-state index contributed by atoms with van der Waals surface area (Å²) < 4.78 is 15.9. The number of hydrogen-bond acceptors (Lipinski definition) is 8. The van der Waals surface area contributed by atoms with Crippen molar-refractivity contribution in [2.45, 2.75) is 0 Å². The molecule has 0 atom stereocenters. The van der Waals surface area contributed by atoms with Crippen LogP contribution in [0.25, 0.3) is 0 Å². The quantitative estimate of drug-likeness (QED) is 0.249. The summed E-state index contributed by atoms with van der Waals surface area (Å²) in [6.07, 6.45) is 0. The molecular weight excluding hydrogens is 148 g/mol. The van der Waals surface area contributed by atoms with Gasteiger partial charge in [0.15, 0.2) is 0 Å². The van der Waals surface area contributed by atoms with Gasteiger partial charge >= 0.3 is 9.05 Å². The Labute approximate surface area is 51.9 Å². The van der Waals surface area contributed by atoms with E-state index < -0.39 is 9.05 Å². The predicted octanol–water partition coefficient (Wildman–Crippen LogP) is -3.02. The molecule has 9 heavy (non-hydrogen) atoms. The third-order valence-electron chi connectivity index (χ3n) is 0.577. The van der Waals surface area contributed by atoms with Crippen LogP contribution in [-0.2, 0) is 18.1 Å². The number of hydrogen-bond donors (Lipinski definition) is 4. The van der Waals surface area contributed by atoms with Gasteiger partial charge in [0.25, 0.3) is 0 Å². The fraction of sp³-hybridized carbons (Fsp3) is 0. The van der Waals surface area contributed by atoms with Crippen molar-refractivity contribution in [1.29, 1.82) is 0 Å². The van der Waals surface area contributed by atoms with E-state index in [0.717, 1.165) is 0 Å². The van der Waals surface area contributed by atoms with Gasteiger partial charge in [0, 0.05) is 0 Å². The monoisotopic (exact) mass is 156 g/mol. The summed E-state index contributed by atoms with van der Waals surface area (Å²) in [6.45, 7) is 0. The molecule has 8 nitrogen and oxygen atoms in total. The molecule has 8 N–H and O–H groups in total. The lowest BCUT2D eigenvalue weighted by Crippen LogP contribution is -2.56. The maximum absolute atomic E-state index is 4.59. The van der Waals surface area contributed by atoms with Crippen LogP contribution in [-0.4, -0.2) is 9.05 Å². The maximum atomic E-state index is 4.59. The molecule has 56 valence electrons. The Bertz CT molecular complexity index is 55.5. The molecule has 0 saturated heterocycles. The summed E-state index contributed by atoms with van der Waals surface area (Å²) in [5, 5.41) is 0.